The van der Waals surface area contributed by atoms with Crippen LogP contribution in [0.25, 0.3) is 11.1 Å². The predicted molar refractivity (Wildman–Crippen MR) is 125 cm³/mol. The average molecular weight is 429 g/mol. The Balaban J connectivity index is 1.44. The van der Waals surface area contributed by atoms with Crippen LogP contribution in [0.15, 0.2) is 84.9 Å². The number of hydrogen-bond acceptors (Lipinski definition) is 3. The highest BCUT2D eigenvalue weighted by Crippen LogP contribution is 2.26. The summed E-state index contributed by atoms with van der Waals surface area (Å²) in [6, 6.07) is 28.1. The van der Waals surface area contributed by atoms with Crippen molar-refractivity contribution < 1.29 is 14.3 Å². The number of amides is 2. The number of carbonyl (C=O) groups excluding carboxylic acids is 2. The first-order chi connectivity index (χ1) is 15.6. The van der Waals surface area contributed by atoms with Crippen molar-refractivity contribution in [3.05, 3.63) is 96.1 Å². The molecule has 0 spiro atoms. The van der Waals surface area contributed by atoms with Crippen LogP contribution in [0.5, 0.6) is 0 Å². The number of carbonyl (C=O) groups is 2. The molecule has 32 heavy (non-hydrogen) atoms. The number of morpholine rings is 1. The third kappa shape index (κ3) is 5.06. The van der Waals surface area contributed by atoms with E-state index in [0.29, 0.717) is 32.4 Å². The first kappa shape index (κ1) is 21.8. The van der Waals surface area contributed by atoms with Gasteiger partial charge in [0.2, 0.25) is 5.91 Å². The van der Waals surface area contributed by atoms with Crippen molar-refractivity contribution in [1.29, 1.82) is 0 Å². The summed E-state index contributed by atoms with van der Waals surface area (Å²) in [6.07, 6.45) is 1.39. The van der Waals surface area contributed by atoms with E-state index in [1.54, 1.807) is 4.90 Å². The van der Waals surface area contributed by atoms with Gasteiger partial charge in [0.15, 0.2) is 5.60 Å². The molecule has 1 fully saturated rings. The zero-order valence-corrected chi connectivity index (χ0v) is 18.1. The molecule has 0 radical (unpaired) electrons. The second kappa shape index (κ2) is 9.79. The maximum Gasteiger partial charge on any atom is 0.251 e. The van der Waals surface area contributed by atoms with Crippen molar-refractivity contribution >= 4 is 11.8 Å². The Morgan fingerprint density at radius 3 is 2.12 bits per heavy atom. The number of primary amides is 1. The lowest BCUT2D eigenvalue weighted by molar-refractivity contribution is -0.163. The third-order valence-electron chi connectivity index (χ3n) is 6.01. The van der Waals surface area contributed by atoms with Crippen LogP contribution in [-0.2, 0) is 27.2 Å². The molecule has 0 aromatic heterocycles. The summed E-state index contributed by atoms with van der Waals surface area (Å²) < 4.78 is 5.92. The van der Waals surface area contributed by atoms with Crippen molar-refractivity contribution in [2.24, 2.45) is 5.73 Å². The minimum Gasteiger partial charge on any atom is -0.367 e. The van der Waals surface area contributed by atoms with E-state index < -0.39 is 11.5 Å². The number of hydrogen-bond donors (Lipinski definition) is 1. The van der Waals surface area contributed by atoms with Crippen LogP contribution in [0, 0.1) is 0 Å². The summed E-state index contributed by atoms with van der Waals surface area (Å²) in [7, 11) is 0. The van der Waals surface area contributed by atoms with Crippen molar-refractivity contribution in [3.63, 3.8) is 0 Å². The SMILES string of the molecule is NC(=O)C1(Cc2ccc(-c3ccccc3)cc2)CN(C(=O)CCc2ccccc2)CCO1. The molecular weight excluding hydrogens is 400 g/mol. The lowest BCUT2D eigenvalue weighted by Gasteiger charge is -2.41. The Labute approximate surface area is 188 Å². The minimum absolute atomic E-state index is 0.0159. The van der Waals surface area contributed by atoms with Crippen molar-refractivity contribution in [2.75, 3.05) is 19.7 Å². The van der Waals surface area contributed by atoms with Crippen LogP contribution >= 0.6 is 0 Å². The van der Waals surface area contributed by atoms with Crippen LogP contribution in [-0.4, -0.2) is 42.0 Å². The highest BCUT2D eigenvalue weighted by Gasteiger charge is 2.43. The lowest BCUT2D eigenvalue weighted by atomic mass is 9.90. The highest BCUT2D eigenvalue weighted by atomic mass is 16.5. The Morgan fingerprint density at radius 2 is 1.47 bits per heavy atom. The van der Waals surface area contributed by atoms with Gasteiger partial charge in [0.1, 0.15) is 0 Å². The molecule has 1 aliphatic rings. The summed E-state index contributed by atoms with van der Waals surface area (Å²) in [4.78, 5) is 27.0. The largest absolute Gasteiger partial charge is 0.367 e. The van der Waals surface area contributed by atoms with Gasteiger partial charge >= 0.3 is 0 Å². The molecule has 0 bridgehead atoms. The number of aryl methyl sites for hydroxylation is 1. The molecule has 2 N–H and O–H groups in total. The van der Waals surface area contributed by atoms with Gasteiger partial charge in [-0.05, 0) is 28.7 Å². The molecule has 1 unspecified atom stereocenters. The first-order valence-corrected chi connectivity index (χ1v) is 11.0. The molecule has 0 saturated carbocycles. The molecule has 164 valence electrons. The summed E-state index contributed by atoms with van der Waals surface area (Å²) in [6.45, 7) is 0.939. The second-order valence-corrected chi connectivity index (χ2v) is 8.25. The lowest BCUT2D eigenvalue weighted by Crippen LogP contribution is -2.61. The molecule has 3 aromatic carbocycles. The van der Waals surface area contributed by atoms with Gasteiger partial charge < -0.3 is 15.4 Å². The molecule has 3 aromatic rings. The van der Waals surface area contributed by atoms with Crippen LogP contribution in [0.1, 0.15) is 17.5 Å². The molecule has 4 rings (SSSR count). The van der Waals surface area contributed by atoms with E-state index in [1.165, 1.54) is 0 Å². The Morgan fingerprint density at radius 1 is 0.844 bits per heavy atom. The molecule has 0 aliphatic carbocycles. The van der Waals surface area contributed by atoms with Crippen molar-refractivity contribution in [2.45, 2.75) is 24.9 Å². The Bertz CT molecular complexity index is 1050. The van der Waals surface area contributed by atoms with Crippen molar-refractivity contribution in [3.8, 4) is 11.1 Å². The van der Waals surface area contributed by atoms with Crippen LogP contribution in [0.2, 0.25) is 0 Å². The summed E-state index contributed by atoms with van der Waals surface area (Å²) in [5.41, 5.74) is 8.88. The number of nitrogens with zero attached hydrogens (tertiary/aromatic N) is 1. The average Bonchev–Trinajstić information content (AvgIpc) is 2.84. The van der Waals surface area contributed by atoms with E-state index in [0.717, 1.165) is 22.3 Å². The van der Waals surface area contributed by atoms with Gasteiger partial charge in [-0.1, -0.05) is 84.9 Å². The molecule has 1 saturated heterocycles. The van der Waals surface area contributed by atoms with Gasteiger partial charge in [-0.2, -0.15) is 0 Å². The smallest absolute Gasteiger partial charge is 0.251 e. The molecule has 2 amide bonds. The zero-order chi connectivity index (χ0) is 22.4. The van der Waals surface area contributed by atoms with Gasteiger partial charge in [-0.3, -0.25) is 9.59 Å². The van der Waals surface area contributed by atoms with Gasteiger partial charge in [-0.15, -0.1) is 0 Å². The number of rotatable bonds is 7. The molecule has 5 heteroatoms. The minimum atomic E-state index is -1.21. The fourth-order valence-electron chi connectivity index (χ4n) is 4.17. The highest BCUT2D eigenvalue weighted by molar-refractivity contribution is 5.86. The van der Waals surface area contributed by atoms with Gasteiger partial charge in [0.05, 0.1) is 13.2 Å². The fraction of sp³-hybridized carbons (Fsp3) is 0.259. The van der Waals surface area contributed by atoms with E-state index >= 15 is 0 Å². The first-order valence-electron chi connectivity index (χ1n) is 11.0. The monoisotopic (exact) mass is 428 g/mol. The second-order valence-electron chi connectivity index (χ2n) is 8.25. The molecule has 5 nitrogen and oxygen atoms in total. The number of ether oxygens (including phenoxy) is 1. The van der Waals surface area contributed by atoms with E-state index in [2.05, 4.69) is 12.1 Å². The predicted octanol–water partition coefficient (Wildman–Crippen LogP) is 3.61. The normalized spacial score (nSPS) is 18.3. The van der Waals surface area contributed by atoms with Crippen LogP contribution < -0.4 is 5.73 Å². The molecular formula is C27H28N2O3. The number of benzene rings is 3. The van der Waals surface area contributed by atoms with E-state index in [1.807, 2.05) is 72.8 Å². The summed E-state index contributed by atoms with van der Waals surface area (Å²) in [5, 5.41) is 0. The van der Waals surface area contributed by atoms with E-state index in [-0.39, 0.29) is 12.5 Å². The standard InChI is InChI=1S/C27H28N2O3/c28-26(31)27(19-22-11-14-24(15-12-22)23-9-5-2-6-10-23)20-29(17-18-32-27)25(30)16-13-21-7-3-1-4-8-21/h1-12,14-15H,13,16-20H2,(H2,28,31). The van der Waals surface area contributed by atoms with E-state index in [9.17, 15) is 9.59 Å². The van der Waals surface area contributed by atoms with E-state index in [4.69, 9.17) is 10.5 Å². The maximum absolute atomic E-state index is 12.9. The summed E-state index contributed by atoms with van der Waals surface area (Å²) in [5.74, 6) is -0.521. The van der Waals surface area contributed by atoms with Gasteiger partial charge in [0.25, 0.3) is 5.91 Å². The Hall–Kier alpha value is -3.44. The quantitative estimate of drug-likeness (QED) is 0.625. The molecule has 1 atom stereocenters. The summed E-state index contributed by atoms with van der Waals surface area (Å²) >= 11 is 0. The number of nitrogens with two attached hydrogens (primary N) is 1. The van der Waals surface area contributed by atoms with Crippen LogP contribution in [0.3, 0.4) is 0 Å². The zero-order valence-electron chi connectivity index (χ0n) is 18.1. The molecule has 1 heterocycles. The fourth-order valence-corrected chi connectivity index (χ4v) is 4.17. The van der Waals surface area contributed by atoms with Gasteiger partial charge in [0, 0.05) is 19.4 Å². The van der Waals surface area contributed by atoms with Crippen LogP contribution in [0.4, 0.5) is 0 Å². The van der Waals surface area contributed by atoms with Crippen molar-refractivity contribution in [1.82, 2.24) is 4.90 Å². The third-order valence-corrected chi connectivity index (χ3v) is 6.01. The van der Waals surface area contributed by atoms with Gasteiger partial charge in [-0.25, -0.2) is 0 Å². The maximum atomic E-state index is 12.9. The Kier molecular flexibility index (Phi) is 6.66. The topological polar surface area (TPSA) is 72.6 Å². The molecule has 1 aliphatic heterocycles.